The highest BCUT2D eigenvalue weighted by Gasteiger charge is 2.10. The Hall–Kier alpha value is -2.47. The number of aryl methyl sites for hydroxylation is 1. The second-order valence-electron chi connectivity index (χ2n) is 5.41. The number of carbonyl (C=O) groups excluding carboxylic acids is 1. The van der Waals surface area contributed by atoms with Crippen molar-refractivity contribution in [2.75, 3.05) is 0 Å². The van der Waals surface area contributed by atoms with E-state index in [0.717, 1.165) is 29.1 Å². The van der Waals surface area contributed by atoms with Crippen molar-refractivity contribution in [3.63, 3.8) is 0 Å². The molecule has 124 valence electrons. The van der Waals surface area contributed by atoms with Crippen LogP contribution in [-0.4, -0.2) is 20.0 Å². The number of nitrogens with zero attached hydrogens (tertiary/aromatic N) is 2. The first-order chi connectivity index (χ1) is 11.7. The molecule has 0 saturated heterocycles. The lowest BCUT2D eigenvalue weighted by molar-refractivity contribution is 0.110. The summed E-state index contributed by atoms with van der Waals surface area (Å²) in [5.41, 5.74) is 1.82. The van der Waals surface area contributed by atoms with Gasteiger partial charge in [-0.15, -0.1) is 0 Å². The lowest BCUT2D eigenvalue weighted by Crippen LogP contribution is -2.04. The van der Waals surface area contributed by atoms with Crippen molar-refractivity contribution in [2.45, 2.75) is 30.5 Å². The molecule has 0 spiro atoms. The Morgan fingerprint density at radius 2 is 2.00 bits per heavy atom. The Morgan fingerprint density at radius 3 is 2.67 bits per heavy atom. The number of furan rings is 1. The third-order valence-corrected chi connectivity index (χ3v) is 5.04. The average Bonchev–Trinajstić information content (AvgIpc) is 3.25. The Labute approximate surface area is 142 Å². The highest BCUT2D eigenvalue weighted by molar-refractivity contribution is 7.84. The molecule has 0 aliphatic rings. The molecule has 3 rings (SSSR count). The lowest BCUT2D eigenvalue weighted by atomic mass is 10.2. The summed E-state index contributed by atoms with van der Waals surface area (Å²) in [6, 6.07) is 10.7. The number of aldehydes is 1. The van der Waals surface area contributed by atoms with E-state index < -0.39 is 10.8 Å². The van der Waals surface area contributed by atoms with E-state index in [4.69, 9.17) is 4.42 Å². The second kappa shape index (κ2) is 7.40. The second-order valence-corrected chi connectivity index (χ2v) is 6.86. The van der Waals surface area contributed by atoms with Crippen LogP contribution in [0.2, 0.25) is 0 Å². The highest BCUT2D eigenvalue weighted by Crippen LogP contribution is 2.23. The number of rotatable bonds is 7. The minimum absolute atomic E-state index is 0.293. The van der Waals surface area contributed by atoms with Gasteiger partial charge in [0.1, 0.15) is 5.76 Å². The fraction of sp³-hybridized carbons (Fsp3) is 0.222. The van der Waals surface area contributed by atoms with E-state index in [1.165, 1.54) is 0 Å². The van der Waals surface area contributed by atoms with E-state index in [2.05, 4.69) is 11.9 Å². The van der Waals surface area contributed by atoms with Crippen LogP contribution in [0.25, 0.3) is 11.3 Å². The van der Waals surface area contributed by atoms with E-state index in [0.29, 0.717) is 23.6 Å². The van der Waals surface area contributed by atoms with E-state index in [1.54, 1.807) is 24.7 Å². The maximum atomic E-state index is 12.6. The van der Waals surface area contributed by atoms with E-state index in [-0.39, 0.29) is 0 Å². The summed E-state index contributed by atoms with van der Waals surface area (Å²) < 4.78 is 20.0. The van der Waals surface area contributed by atoms with Gasteiger partial charge in [-0.1, -0.05) is 19.1 Å². The molecule has 0 fully saturated rings. The standard InChI is InChI=1S/C18H18N2O3S/c1-2-9-20-13-19-10-15(20)12-24(22)17-6-3-14(4-7-17)18-8-5-16(11-21)23-18/h3-8,10-11,13H,2,9,12H2,1H3. The van der Waals surface area contributed by atoms with Crippen molar-refractivity contribution < 1.29 is 13.4 Å². The first-order valence-electron chi connectivity index (χ1n) is 7.74. The Balaban J connectivity index is 1.74. The topological polar surface area (TPSA) is 65.1 Å². The van der Waals surface area contributed by atoms with Gasteiger partial charge >= 0.3 is 0 Å². The van der Waals surface area contributed by atoms with Gasteiger partial charge < -0.3 is 8.98 Å². The number of imidazole rings is 1. The molecule has 0 aliphatic carbocycles. The van der Waals surface area contributed by atoms with Gasteiger partial charge in [-0.05, 0) is 30.7 Å². The molecule has 5 nitrogen and oxygen atoms in total. The van der Waals surface area contributed by atoms with Crippen LogP contribution in [0.4, 0.5) is 0 Å². The zero-order valence-corrected chi connectivity index (χ0v) is 14.2. The molecule has 0 bridgehead atoms. The summed E-state index contributed by atoms with van der Waals surface area (Å²) in [6.45, 7) is 2.98. The monoisotopic (exact) mass is 342 g/mol. The number of hydrogen-bond acceptors (Lipinski definition) is 4. The molecular weight excluding hydrogens is 324 g/mol. The summed E-state index contributed by atoms with van der Waals surface area (Å²) in [6.07, 6.45) is 5.23. The molecule has 1 aromatic carbocycles. The number of carbonyl (C=O) groups is 1. The number of benzene rings is 1. The number of hydrogen-bond donors (Lipinski definition) is 0. The molecule has 1 unspecified atom stereocenters. The molecule has 0 N–H and O–H groups in total. The number of aromatic nitrogens is 2. The molecule has 0 saturated carbocycles. The minimum Gasteiger partial charge on any atom is -0.453 e. The first-order valence-corrected chi connectivity index (χ1v) is 9.06. The van der Waals surface area contributed by atoms with Crippen molar-refractivity contribution in [3.8, 4) is 11.3 Å². The Kier molecular flexibility index (Phi) is 5.05. The van der Waals surface area contributed by atoms with Crippen LogP contribution in [0.15, 0.2) is 58.2 Å². The minimum atomic E-state index is -1.14. The zero-order valence-electron chi connectivity index (χ0n) is 13.3. The van der Waals surface area contributed by atoms with Gasteiger partial charge in [0.25, 0.3) is 0 Å². The maximum absolute atomic E-state index is 12.6. The van der Waals surface area contributed by atoms with E-state index in [1.807, 2.05) is 28.8 Å². The first kappa shape index (κ1) is 16.4. The summed E-state index contributed by atoms with van der Waals surface area (Å²) in [5, 5.41) is 0. The molecule has 0 aliphatic heterocycles. The molecular formula is C18H18N2O3S. The van der Waals surface area contributed by atoms with Crippen molar-refractivity contribution in [3.05, 3.63) is 60.4 Å². The van der Waals surface area contributed by atoms with Crippen molar-refractivity contribution in [1.82, 2.24) is 9.55 Å². The molecule has 6 heteroatoms. The lowest BCUT2D eigenvalue weighted by Gasteiger charge is -2.07. The van der Waals surface area contributed by atoms with E-state index in [9.17, 15) is 9.00 Å². The molecule has 3 aromatic rings. The fourth-order valence-corrected chi connectivity index (χ4v) is 3.59. The predicted octanol–water partition coefficient (Wildman–Crippen LogP) is 3.67. The maximum Gasteiger partial charge on any atom is 0.185 e. The highest BCUT2D eigenvalue weighted by atomic mass is 32.2. The van der Waals surface area contributed by atoms with Crippen LogP contribution >= 0.6 is 0 Å². The van der Waals surface area contributed by atoms with Crippen molar-refractivity contribution >= 4 is 17.1 Å². The molecule has 2 heterocycles. The summed E-state index contributed by atoms with van der Waals surface area (Å²) in [7, 11) is -1.14. The van der Waals surface area contributed by atoms with Crippen LogP contribution < -0.4 is 0 Å². The summed E-state index contributed by atoms with van der Waals surface area (Å²) in [4.78, 5) is 15.6. The van der Waals surface area contributed by atoms with Crippen LogP contribution in [-0.2, 0) is 23.1 Å². The Morgan fingerprint density at radius 1 is 1.21 bits per heavy atom. The SMILES string of the molecule is CCCn1cncc1CS(=O)c1ccc(-c2ccc(C=O)o2)cc1. The van der Waals surface area contributed by atoms with Gasteiger partial charge in [-0.25, -0.2) is 4.98 Å². The van der Waals surface area contributed by atoms with Gasteiger partial charge in [-0.3, -0.25) is 9.00 Å². The van der Waals surface area contributed by atoms with Gasteiger partial charge in [0.2, 0.25) is 0 Å². The third-order valence-electron chi connectivity index (χ3n) is 3.69. The molecule has 0 amide bonds. The fourth-order valence-electron chi connectivity index (χ4n) is 2.47. The van der Waals surface area contributed by atoms with Crippen LogP contribution in [0.3, 0.4) is 0 Å². The normalized spacial score (nSPS) is 12.2. The third kappa shape index (κ3) is 3.54. The zero-order chi connectivity index (χ0) is 16.9. The van der Waals surface area contributed by atoms with Crippen molar-refractivity contribution in [2.24, 2.45) is 0 Å². The molecule has 1 atom stereocenters. The molecule has 0 radical (unpaired) electrons. The van der Waals surface area contributed by atoms with Crippen LogP contribution in [0.5, 0.6) is 0 Å². The summed E-state index contributed by atoms with van der Waals surface area (Å²) in [5.74, 6) is 1.35. The van der Waals surface area contributed by atoms with Gasteiger partial charge in [0, 0.05) is 23.2 Å². The van der Waals surface area contributed by atoms with E-state index >= 15 is 0 Å². The quantitative estimate of drug-likeness (QED) is 0.615. The van der Waals surface area contributed by atoms with Gasteiger partial charge in [0.15, 0.2) is 12.0 Å². The molecule has 2 aromatic heterocycles. The predicted molar refractivity (Wildman–Crippen MR) is 92.2 cm³/mol. The van der Waals surface area contributed by atoms with Gasteiger partial charge in [-0.2, -0.15) is 0 Å². The van der Waals surface area contributed by atoms with Crippen LogP contribution in [0.1, 0.15) is 29.6 Å². The largest absolute Gasteiger partial charge is 0.453 e. The van der Waals surface area contributed by atoms with Crippen LogP contribution in [0, 0.1) is 0 Å². The molecule has 24 heavy (non-hydrogen) atoms. The van der Waals surface area contributed by atoms with Gasteiger partial charge in [0.05, 0.1) is 28.6 Å². The smallest absolute Gasteiger partial charge is 0.185 e. The average molecular weight is 342 g/mol. The Bertz CT molecular complexity index is 849. The van der Waals surface area contributed by atoms with Crippen molar-refractivity contribution in [1.29, 1.82) is 0 Å². The summed E-state index contributed by atoms with van der Waals surface area (Å²) >= 11 is 0.